The van der Waals surface area contributed by atoms with E-state index in [1.807, 2.05) is 24.7 Å². The Morgan fingerprint density at radius 3 is 1.42 bits per heavy atom. The fraction of sp³-hybridized carbons (Fsp3) is 0.424. The molecule has 0 aliphatic heterocycles. The van der Waals surface area contributed by atoms with Crippen LogP contribution in [0.15, 0.2) is 70.9 Å². The van der Waals surface area contributed by atoms with Gasteiger partial charge in [-0.05, 0) is 34.6 Å². The van der Waals surface area contributed by atoms with E-state index in [0.29, 0.717) is 23.7 Å². The topological polar surface area (TPSA) is 37.6 Å². The van der Waals surface area contributed by atoms with E-state index in [2.05, 4.69) is 124 Å². The van der Waals surface area contributed by atoms with Crippen molar-refractivity contribution < 1.29 is 28.4 Å². The van der Waals surface area contributed by atoms with Crippen LogP contribution in [0.25, 0.3) is 0 Å². The van der Waals surface area contributed by atoms with Gasteiger partial charge >= 0.3 is 107 Å². The average molecular weight is 574 g/mol. The quantitative estimate of drug-likeness (QED) is 0.203. The SMILES string of the molecule is CC(C)c1cccc(C(C)C)c1N=CCc1cccnc1.CC(C)c1cccc(C(C)C)c1N=C[CH2][Fe+].[Cl-]. The van der Waals surface area contributed by atoms with Gasteiger partial charge < -0.3 is 12.4 Å². The second-order valence-corrected chi connectivity index (χ2v) is 11.0. The van der Waals surface area contributed by atoms with Crippen LogP contribution in [-0.4, -0.2) is 17.4 Å². The molecule has 0 unspecified atom stereocenters. The van der Waals surface area contributed by atoms with E-state index in [-0.39, 0.29) is 12.4 Å². The van der Waals surface area contributed by atoms with Gasteiger partial charge in [0.05, 0.1) is 5.69 Å². The maximum Gasteiger partial charge on any atom is -1.00 e. The molecule has 0 fully saturated rings. The summed E-state index contributed by atoms with van der Waals surface area (Å²) in [6, 6.07) is 17.0. The Morgan fingerprint density at radius 1 is 0.658 bits per heavy atom. The van der Waals surface area contributed by atoms with Crippen LogP contribution in [0.1, 0.15) is 107 Å². The van der Waals surface area contributed by atoms with Gasteiger partial charge in [-0.2, -0.15) is 0 Å². The zero-order valence-corrected chi connectivity index (χ0v) is 26.1. The Kier molecular flexibility index (Phi) is 15.4. The van der Waals surface area contributed by atoms with Crippen LogP contribution >= 0.6 is 0 Å². The van der Waals surface area contributed by atoms with Crippen molar-refractivity contribution in [1.82, 2.24) is 4.98 Å². The molecule has 3 aromatic rings. The van der Waals surface area contributed by atoms with E-state index in [1.165, 1.54) is 27.8 Å². The number of pyridine rings is 1. The molecule has 3 nitrogen and oxygen atoms in total. The van der Waals surface area contributed by atoms with Crippen LogP contribution in [0.3, 0.4) is 0 Å². The molecule has 0 bridgehead atoms. The van der Waals surface area contributed by atoms with Crippen LogP contribution in [-0.2, 0) is 22.4 Å². The Balaban J connectivity index is 0.000000384. The first-order chi connectivity index (χ1) is 17.7. The molecule has 0 atom stereocenters. The maximum atomic E-state index is 4.79. The number of hydrogen-bond donors (Lipinski definition) is 0. The van der Waals surface area contributed by atoms with E-state index in [0.717, 1.165) is 23.1 Å². The van der Waals surface area contributed by atoms with Gasteiger partial charge in [-0.25, -0.2) is 0 Å². The predicted octanol–water partition coefficient (Wildman–Crippen LogP) is 6.88. The molecule has 0 radical (unpaired) electrons. The fourth-order valence-corrected chi connectivity index (χ4v) is 4.31. The van der Waals surface area contributed by atoms with Crippen molar-refractivity contribution in [3.8, 4) is 0 Å². The van der Waals surface area contributed by atoms with Crippen LogP contribution in [0.4, 0.5) is 11.4 Å². The number of halogens is 1. The maximum absolute atomic E-state index is 4.79. The molecule has 0 saturated carbocycles. The summed E-state index contributed by atoms with van der Waals surface area (Å²) in [5.41, 5.74) is 8.79. The van der Waals surface area contributed by atoms with E-state index >= 15 is 0 Å². The fourth-order valence-electron chi connectivity index (χ4n) is 4.21. The summed E-state index contributed by atoms with van der Waals surface area (Å²) in [6.07, 6.45) is 8.41. The minimum Gasteiger partial charge on any atom is -1.00 e. The third-order valence-electron chi connectivity index (χ3n) is 6.24. The molecule has 0 aliphatic rings. The largest absolute Gasteiger partial charge is 1.00 e. The minimum atomic E-state index is 0. The third kappa shape index (κ3) is 10.1. The van der Waals surface area contributed by atoms with Gasteiger partial charge in [0.15, 0.2) is 0 Å². The van der Waals surface area contributed by atoms with Crippen LogP contribution in [0, 0.1) is 0 Å². The molecule has 1 aromatic heterocycles. The summed E-state index contributed by atoms with van der Waals surface area (Å²) in [4.78, 5) is 13.5. The normalized spacial score (nSPS) is 11.5. The molecular formula is C33H44ClFeN3. The van der Waals surface area contributed by atoms with Crippen LogP contribution in [0.5, 0.6) is 0 Å². The molecule has 0 amide bonds. The number of nitrogens with zero attached hydrogens (tertiary/aromatic N) is 3. The zero-order chi connectivity index (χ0) is 27.4. The summed E-state index contributed by atoms with van der Waals surface area (Å²) in [6.45, 7) is 17.7. The Bertz CT molecular complexity index is 1100. The van der Waals surface area contributed by atoms with Crippen molar-refractivity contribution in [1.29, 1.82) is 0 Å². The van der Waals surface area contributed by atoms with Gasteiger partial charge in [-0.3, -0.25) is 9.98 Å². The Labute approximate surface area is 245 Å². The van der Waals surface area contributed by atoms with Gasteiger partial charge in [0.25, 0.3) is 0 Å². The second-order valence-electron chi connectivity index (χ2n) is 10.5. The standard InChI is InChI=1S/C19H24N2.C14H20N.ClH.Fe/c1-14(2)17-8-5-9-18(15(3)4)19(17)21-12-10-16-7-6-11-20-13-16;1-6-15-14-12(10(2)3)8-7-9-13(14)11(4)5;;/h5-9,11-15H,10H2,1-4H3;6-11H,1H2,2-5H3;1H;/q;;;+1/p-1. The molecule has 0 saturated heterocycles. The summed E-state index contributed by atoms with van der Waals surface area (Å²) < 4.78 is 0. The van der Waals surface area contributed by atoms with Gasteiger partial charge in [-0.1, -0.05) is 52.0 Å². The van der Waals surface area contributed by atoms with Crippen molar-refractivity contribution in [2.75, 3.05) is 0 Å². The molecule has 2 aromatic carbocycles. The van der Waals surface area contributed by atoms with Gasteiger partial charge in [0.2, 0.25) is 0 Å². The smallest absolute Gasteiger partial charge is 1.00 e. The van der Waals surface area contributed by atoms with Crippen molar-refractivity contribution in [2.45, 2.75) is 90.8 Å². The van der Waals surface area contributed by atoms with Crippen LogP contribution < -0.4 is 12.4 Å². The molecule has 38 heavy (non-hydrogen) atoms. The number of para-hydroxylation sites is 2. The first kappa shape index (κ1) is 33.8. The third-order valence-corrected chi connectivity index (χ3v) is 6.44. The van der Waals surface area contributed by atoms with Gasteiger partial charge in [0.1, 0.15) is 0 Å². The Hall–Kier alpha value is -2.26. The summed E-state index contributed by atoms with van der Waals surface area (Å²) >= 11 is 3.80. The van der Waals surface area contributed by atoms with E-state index < -0.39 is 0 Å². The number of rotatable bonds is 9. The van der Waals surface area contributed by atoms with E-state index in [9.17, 15) is 0 Å². The molecule has 206 valence electrons. The average Bonchev–Trinajstić information content (AvgIpc) is 2.87. The minimum absolute atomic E-state index is 0. The monoisotopic (exact) mass is 573 g/mol. The van der Waals surface area contributed by atoms with Crippen molar-refractivity contribution in [2.24, 2.45) is 9.98 Å². The summed E-state index contributed by atoms with van der Waals surface area (Å²) in [7, 11) is 0. The number of aliphatic imine (C=N–C) groups is 2. The molecular weight excluding hydrogens is 530 g/mol. The van der Waals surface area contributed by atoms with E-state index in [1.54, 1.807) is 6.20 Å². The predicted molar refractivity (Wildman–Crippen MR) is 158 cm³/mol. The summed E-state index contributed by atoms with van der Waals surface area (Å²) in [5.74, 6) is 1.98. The molecule has 0 N–H and O–H groups in total. The van der Waals surface area contributed by atoms with Crippen molar-refractivity contribution in [3.05, 3.63) is 88.7 Å². The second kappa shape index (κ2) is 17.4. The molecule has 3 rings (SSSR count). The van der Waals surface area contributed by atoms with E-state index in [4.69, 9.17) is 4.99 Å². The molecule has 0 spiro atoms. The Morgan fingerprint density at radius 2 is 1.08 bits per heavy atom. The van der Waals surface area contributed by atoms with Gasteiger partial charge in [0, 0.05) is 25.0 Å². The van der Waals surface area contributed by atoms with Crippen LogP contribution in [0.2, 0.25) is 5.32 Å². The van der Waals surface area contributed by atoms with Crippen molar-refractivity contribution in [3.63, 3.8) is 0 Å². The molecule has 0 aliphatic carbocycles. The zero-order valence-electron chi connectivity index (χ0n) is 24.2. The number of aromatic nitrogens is 1. The first-order valence-corrected chi connectivity index (χ1v) is 14.2. The molecule has 1 heterocycles. The van der Waals surface area contributed by atoms with Crippen molar-refractivity contribution >= 4 is 23.8 Å². The number of hydrogen-bond acceptors (Lipinski definition) is 3. The number of benzene rings is 2. The first-order valence-electron chi connectivity index (χ1n) is 13.4. The molecule has 5 heteroatoms. The summed E-state index contributed by atoms with van der Waals surface area (Å²) in [5, 5.41) is 0.740. The van der Waals surface area contributed by atoms with Gasteiger partial charge in [-0.15, -0.1) is 0 Å².